The first-order valence-electron chi connectivity index (χ1n) is 8.81. The molecule has 0 spiro atoms. The molecule has 0 bridgehead atoms. The van der Waals surface area contributed by atoms with E-state index in [1.165, 1.54) is 6.07 Å². The quantitative estimate of drug-likeness (QED) is 0.717. The van der Waals surface area contributed by atoms with E-state index >= 15 is 0 Å². The van der Waals surface area contributed by atoms with Gasteiger partial charge in [0.25, 0.3) is 0 Å². The average Bonchev–Trinajstić information content (AvgIpc) is 2.66. The van der Waals surface area contributed by atoms with Gasteiger partial charge in [0, 0.05) is 29.6 Å². The molecule has 0 fully saturated rings. The molecule has 2 heterocycles. The molecule has 1 N–H and O–H groups in total. The zero-order valence-corrected chi connectivity index (χ0v) is 14.9. The Morgan fingerprint density at radius 2 is 1.85 bits per heavy atom. The summed E-state index contributed by atoms with van der Waals surface area (Å²) in [5.74, 6) is 1.35. The molecule has 6 heteroatoms. The first-order chi connectivity index (χ1) is 13.1. The topological polar surface area (TPSA) is 77.8 Å². The summed E-state index contributed by atoms with van der Waals surface area (Å²) in [6.45, 7) is 2.94. The highest BCUT2D eigenvalue weighted by atomic mass is 16.6. The molecule has 0 atom stereocenters. The average molecular weight is 365 g/mol. The summed E-state index contributed by atoms with van der Waals surface area (Å²) in [4.78, 5) is 23.8. The molecule has 1 aromatic heterocycles. The summed E-state index contributed by atoms with van der Waals surface area (Å²) >= 11 is 0. The molecule has 1 amide bonds. The van der Waals surface area contributed by atoms with Gasteiger partial charge in [-0.1, -0.05) is 6.07 Å². The lowest BCUT2D eigenvalue weighted by atomic mass is 10.1. The van der Waals surface area contributed by atoms with Crippen molar-refractivity contribution in [3.8, 4) is 11.5 Å². The molecule has 27 heavy (non-hydrogen) atoms. The third kappa shape index (κ3) is 3.79. The van der Waals surface area contributed by atoms with Gasteiger partial charge in [-0.2, -0.15) is 0 Å². The smallest absolute Gasteiger partial charge is 0.336 e. The fourth-order valence-corrected chi connectivity index (χ4v) is 3.13. The Balaban J connectivity index is 1.42. The van der Waals surface area contributed by atoms with Crippen LogP contribution in [0.25, 0.3) is 11.0 Å². The van der Waals surface area contributed by atoms with E-state index in [-0.39, 0.29) is 5.91 Å². The fourth-order valence-electron chi connectivity index (χ4n) is 3.13. The number of rotatable bonds is 4. The monoisotopic (exact) mass is 365 g/mol. The first kappa shape index (κ1) is 17.1. The van der Waals surface area contributed by atoms with Gasteiger partial charge in [-0.15, -0.1) is 0 Å². The van der Waals surface area contributed by atoms with Gasteiger partial charge in [-0.25, -0.2) is 4.79 Å². The Bertz CT molecular complexity index is 1070. The number of carbonyl (C=O) groups excluding carboxylic acids is 1. The molecular weight excluding hydrogens is 346 g/mol. The summed E-state index contributed by atoms with van der Waals surface area (Å²) in [6.07, 6.45) is 0.916. The molecule has 138 valence electrons. The number of ether oxygens (including phenoxy) is 2. The fraction of sp³-hybridized carbons (Fsp3) is 0.238. The number of nitrogens with one attached hydrogen (secondary N) is 1. The van der Waals surface area contributed by atoms with Crippen LogP contribution in [-0.4, -0.2) is 19.1 Å². The zero-order valence-electron chi connectivity index (χ0n) is 14.9. The van der Waals surface area contributed by atoms with E-state index in [0.717, 1.165) is 28.0 Å². The summed E-state index contributed by atoms with van der Waals surface area (Å²) in [5.41, 5.74) is 2.52. The molecule has 1 aliphatic heterocycles. The van der Waals surface area contributed by atoms with E-state index < -0.39 is 5.63 Å². The van der Waals surface area contributed by atoms with Crippen LogP contribution in [0.15, 0.2) is 51.7 Å². The largest absolute Gasteiger partial charge is 0.486 e. The van der Waals surface area contributed by atoms with Crippen molar-refractivity contribution in [2.45, 2.75) is 19.8 Å². The maximum Gasteiger partial charge on any atom is 0.336 e. The molecule has 0 radical (unpaired) electrons. The van der Waals surface area contributed by atoms with Gasteiger partial charge in [-0.3, -0.25) is 4.79 Å². The number of fused-ring (bicyclic) bond motifs is 2. The molecule has 0 saturated carbocycles. The van der Waals surface area contributed by atoms with Gasteiger partial charge in [0.2, 0.25) is 5.91 Å². The van der Waals surface area contributed by atoms with E-state index in [0.29, 0.717) is 37.3 Å². The Morgan fingerprint density at radius 3 is 2.70 bits per heavy atom. The highest BCUT2D eigenvalue weighted by molar-refractivity contribution is 5.93. The number of carbonyl (C=O) groups is 1. The second-order valence-electron chi connectivity index (χ2n) is 6.49. The molecular formula is C21H19NO5. The number of benzene rings is 2. The highest BCUT2D eigenvalue weighted by Crippen LogP contribution is 2.31. The van der Waals surface area contributed by atoms with Crippen LogP contribution in [0.2, 0.25) is 0 Å². The van der Waals surface area contributed by atoms with Crippen LogP contribution >= 0.6 is 0 Å². The third-order valence-corrected chi connectivity index (χ3v) is 4.48. The Morgan fingerprint density at radius 1 is 1.04 bits per heavy atom. The third-order valence-electron chi connectivity index (χ3n) is 4.48. The predicted octanol–water partition coefficient (Wildman–Crippen LogP) is 3.44. The number of amides is 1. The minimum absolute atomic E-state index is 0.112. The Kier molecular flexibility index (Phi) is 4.54. The standard InChI is InChI=1S/C21H19NO5/c1-13-10-21(24)27-18-12-15(4-5-16(13)18)22-20(23)7-3-14-2-6-17-19(11-14)26-9-8-25-17/h2,4-6,10-12H,3,7-9H2,1H3,(H,22,23). The van der Waals surface area contributed by atoms with E-state index in [2.05, 4.69) is 5.32 Å². The molecule has 0 unspecified atom stereocenters. The minimum atomic E-state index is -0.401. The highest BCUT2D eigenvalue weighted by Gasteiger charge is 2.12. The van der Waals surface area contributed by atoms with Crippen LogP contribution in [-0.2, 0) is 11.2 Å². The maximum atomic E-state index is 12.3. The van der Waals surface area contributed by atoms with Crippen LogP contribution < -0.4 is 20.4 Å². The SMILES string of the molecule is Cc1cc(=O)oc2cc(NC(=O)CCc3ccc4c(c3)OCCO4)ccc12. The van der Waals surface area contributed by atoms with Gasteiger partial charge < -0.3 is 19.2 Å². The van der Waals surface area contributed by atoms with E-state index in [9.17, 15) is 9.59 Å². The summed E-state index contributed by atoms with van der Waals surface area (Å²) in [6, 6.07) is 12.5. The van der Waals surface area contributed by atoms with Gasteiger partial charge in [0.05, 0.1) is 0 Å². The van der Waals surface area contributed by atoms with Crippen molar-refractivity contribution in [2.75, 3.05) is 18.5 Å². The lowest BCUT2D eigenvalue weighted by Crippen LogP contribution is -2.15. The van der Waals surface area contributed by atoms with Crippen molar-refractivity contribution in [3.63, 3.8) is 0 Å². The normalized spacial score (nSPS) is 12.8. The molecule has 0 saturated heterocycles. The van der Waals surface area contributed by atoms with Crippen molar-refractivity contribution in [1.29, 1.82) is 0 Å². The van der Waals surface area contributed by atoms with Crippen LogP contribution in [0.4, 0.5) is 5.69 Å². The Labute approximate surface area is 155 Å². The van der Waals surface area contributed by atoms with Gasteiger partial charge in [0.1, 0.15) is 18.8 Å². The first-order valence-corrected chi connectivity index (χ1v) is 8.81. The molecule has 3 aromatic rings. The summed E-state index contributed by atoms with van der Waals surface area (Å²) in [5, 5.41) is 3.70. The lowest BCUT2D eigenvalue weighted by molar-refractivity contribution is -0.116. The van der Waals surface area contributed by atoms with Gasteiger partial charge >= 0.3 is 5.63 Å². The second kappa shape index (κ2) is 7.15. The molecule has 2 aromatic carbocycles. The van der Waals surface area contributed by atoms with Crippen LogP contribution in [0.5, 0.6) is 11.5 Å². The Hall–Kier alpha value is -3.28. The van der Waals surface area contributed by atoms with Crippen molar-refractivity contribution in [1.82, 2.24) is 0 Å². The molecule has 0 aliphatic carbocycles. The second-order valence-corrected chi connectivity index (χ2v) is 6.49. The van der Waals surface area contributed by atoms with E-state index in [4.69, 9.17) is 13.9 Å². The van der Waals surface area contributed by atoms with E-state index in [1.54, 1.807) is 12.1 Å². The van der Waals surface area contributed by atoms with Crippen LogP contribution in [0.3, 0.4) is 0 Å². The molecule has 6 nitrogen and oxygen atoms in total. The van der Waals surface area contributed by atoms with Crippen LogP contribution in [0, 0.1) is 6.92 Å². The number of hydrogen-bond acceptors (Lipinski definition) is 5. The zero-order chi connectivity index (χ0) is 18.8. The van der Waals surface area contributed by atoms with Crippen molar-refractivity contribution in [2.24, 2.45) is 0 Å². The van der Waals surface area contributed by atoms with Crippen molar-refractivity contribution in [3.05, 3.63) is 64.0 Å². The summed E-state index contributed by atoms with van der Waals surface area (Å²) in [7, 11) is 0. The minimum Gasteiger partial charge on any atom is -0.486 e. The molecule has 1 aliphatic rings. The van der Waals surface area contributed by atoms with Crippen molar-refractivity contribution >= 4 is 22.6 Å². The van der Waals surface area contributed by atoms with E-state index in [1.807, 2.05) is 31.2 Å². The van der Waals surface area contributed by atoms with Crippen molar-refractivity contribution < 1.29 is 18.7 Å². The van der Waals surface area contributed by atoms with Gasteiger partial charge in [0.15, 0.2) is 11.5 Å². The number of hydrogen-bond donors (Lipinski definition) is 1. The number of aryl methyl sites for hydroxylation is 2. The predicted molar refractivity (Wildman–Crippen MR) is 102 cm³/mol. The molecule has 4 rings (SSSR count). The maximum absolute atomic E-state index is 12.3. The lowest BCUT2D eigenvalue weighted by Gasteiger charge is -2.18. The van der Waals surface area contributed by atoms with Crippen LogP contribution in [0.1, 0.15) is 17.5 Å². The summed E-state index contributed by atoms with van der Waals surface area (Å²) < 4.78 is 16.3. The van der Waals surface area contributed by atoms with Gasteiger partial charge in [-0.05, 0) is 48.7 Å². The number of anilines is 1.